The fraction of sp³-hybridized carbons (Fsp3) is 0.393. The van der Waals surface area contributed by atoms with Gasteiger partial charge in [-0.15, -0.1) is 11.3 Å². The first kappa shape index (κ1) is 26.7. The lowest BCUT2D eigenvalue weighted by atomic mass is 9.93. The highest BCUT2D eigenvalue weighted by Gasteiger charge is 2.37. The number of sulfonamides is 1. The first-order valence-electron chi connectivity index (χ1n) is 12.7. The van der Waals surface area contributed by atoms with E-state index in [1.54, 1.807) is 54.7 Å². The highest BCUT2D eigenvalue weighted by molar-refractivity contribution is 7.89. The molecule has 1 saturated heterocycles. The summed E-state index contributed by atoms with van der Waals surface area (Å²) in [5, 5.41) is 2.12. The number of rotatable bonds is 7. The van der Waals surface area contributed by atoms with Crippen molar-refractivity contribution < 1.29 is 22.7 Å². The predicted octanol–water partition coefficient (Wildman–Crippen LogP) is 3.63. The Morgan fingerprint density at radius 3 is 2.24 bits per heavy atom. The van der Waals surface area contributed by atoms with Gasteiger partial charge in [0.1, 0.15) is 11.5 Å². The zero-order valence-electron chi connectivity index (χ0n) is 21.9. The Bertz CT molecular complexity index is 1370. The van der Waals surface area contributed by atoms with Crippen molar-refractivity contribution in [2.75, 3.05) is 46.9 Å². The molecule has 0 spiro atoms. The van der Waals surface area contributed by atoms with E-state index >= 15 is 0 Å². The lowest BCUT2D eigenvalue weighted by Crippen LogP contribution is -2.57. The summed E-state index contributed by atoms with van der Waals surface area (Å²) in [4.78, 5) is 19.2. The minimum atomic E-state index is -3.67. The second-order valence-corrected chi connectivity index (χ2v) is 12.6. The van der Waals surface area contributed by atoms with Crippen molar-refractivity contribution in [2.24, 2.45) is 0 Å². The highest BCUT2D eigenvalue weighted by atomic mass is 32.2. The van der Waals surface area contributed by atoms with Crippen LogP contribution in [0.4, 0.5) is 0 Å². The Morgan fingerprint density at radius 2 is 1.61 bits per heavy atom. The molecule has 0 radical (unpaired) electrons. The number of piperazine rings is 1. The van der Waals surface area contributed by atoms with Gasteiger partial charge < -0.3 is 14.4 Å². The topological polar surface area (TPSA) is 79.4 Å². The third kappa shape index (κ3) is 5.18. The van der Waals surface area contributed by atoms with Crippen LogP contribution >= 0.6 is 11.3 Å². The zero-order chi connectivity index (χ0) is 26.9. The van der Waals surface area contributed by atoms with Crippen molar-refractivity contribution in [3.05, 3.63) is 76.0 Å². The summed E-state index contributed by atoms with van der Waals surface area (Å²) in [5.74, 6) is 1.43. The standard InChI is InChI=1S/C28H33N3O5S2/c1-20-18-29(15-16-31(20)38(33,34)24-10-8-23(36-3)9-11-24)27(32)19-30-14-12-26-25(13-17-37-26)28(30)21-4-6-22(35-2)7-5-21/h4-11,13,17,20,28H,12,14-16,18-19H2,1-3H3/t20-,28-/m0/s1. The van der Waals surface area contributed by atoms with Crippen LogP contribution in [-0.2, 0) is 21.2 Å². The van der Waals surface area contributed by atoms with Gasteiger partial charge in [-0.05, 0) is 72.3 Å². The predicted molar refractivity (Wildman–Crippen MR) is 147 cm³/mol. The van der Waals surface area contributed by atoms with E-state index in [-0.39, 0.29) is 36.0 Å². The van der Waals surface area contributed by atoms with Gasteiger partial charge in [0.25, 0.3) is 0 Å². The Hall–Kier alpha value is -2.92. The van der Waals surface area contributed by atoms with Gasteiger partial charge in [-0.1, -0.05) is 12.1 Å². The Morgan fingerprint density at radius 1 is 0.947 bits per heavy atom. The number of carbonyl (C=O) groups excluding carboxylic acids is 1. The number of ether oxygens (including phenoxy) is 2. The fourth-order valence-electron chi connectivity index (χ4n) is 5.40. The van der Waals surface area contributed by atoms with Crippen LogP contribution < -0.4 is 9.47 Å². The minimum Gasteiger partial charge on any atom is -0.497 e. The van der Waals surface area contributed by atoms with E-state index in [1.165, 1.54) is 14.7 Å². The van der Waals surface area contributed by atoms with Crippen LogP contribution in [0.5, 0.6) is 11.5 Å². The third-order valence-corrected chi connectivity index (χ3v) is 10.4. The SMILES string of the molecule is COc1ccc([C@H]2c3ccsc3CCN2CC(=O)N2CCN(S(=O)(=O)c3ccc(OC)cc3)[C@@H](C)C2)cc1. The van der Waals surface area contributed by atoms with Crippen LogP contribution in [0.2, 0.25) is 0 Å². The van der Waals surface area contributed by atoms with Crippen LogP contribution in [0, 0.1) is 0 Å². The van der Waals surface area contributed by atoms with Gasteiger partial charge in [0.15, 0.2) is 0 Å². The fourth-order valence-corrected chi connectivity index (χ4v) is 7.91. The monoisotopic (exact) mass is 555 g/mol. The van der Waals surface area contributed by atoms with Crippen LogP contribution in [-0.4, -0.2) is 81.4 Å². The van der Waals surface area contributed by atoms with Gasteiger partial charge in [0.05, 0.1) is 31.7 Å². The minimum absolute atomic E-state index is 0.00554. The molecule has 5 rings (SSSR count). The first-order valence-corrected chi connectivity index (χ1v) is 15.0. The highest BCUT2D eigenvalue weighted by Crippen LogP contribution is 2.38. The summed E-state index contributed by atoms with van der Waals surface area (Å²) in [6.45, 7) is 3.92. The summed E-state index contributed by atoms with van der Waals surface area (Å²) < 4.78 is 38.6. The van der Waals surface area contributed by atoms with Crippen molar-refractivity contribution in [1.29, 1.82) is 0 Å². The Kier molecular flexibility index (Phi) is 7.76. The molecule has 0 aliphatic carbocycles. The molecule has 0 unspecified atom stereocenters. The Balaban J connectivity index is 1.29. The average molecular weight is 556 g/mol. The normalized spacial score (nSPS) is 20.7. The van der Waals surface area contributed by atoms with E-state index < -0.39 is 10.0 Å². The van der Waals surface area contributed by atoms with E-state index in [2.05, 4.69) is 28.5 Å². The molecule has 2 aliphatic heterocycles. The molecule has 10 heteroatoms. The zero-order valence-corrected chi connectivity index (χ0v) is 23.5. The number of fused-ring (bicyclic) bond motifs is 1. The number of methoxy groups -OCH3 is 2. The van der Waals surface area contributed by atoms with E-state index in [4.69, 9.17) is 9.47 Å². The number of hydrogen-bond acceptors (Lipinski definition) is 7. The summed E-state index contributed by atoms with van der Waals surface area (Å²) in [6, 6.07) is 16.3. The second-order valence-electron chi connectivity index (χ2n) is 9.68. The van der Waals surface area contributed by atoms with Gasteiger partial charge in [-0.3, -0.25) is 9.69 Å². The van der Waals surface area contributed by atoms with Gasteiger partial charge in [-0.25, -0.2) is 8.42 Å². The number of thiophene rings is 1. The largest absolute Gasteiger partial charge is 0.497 e. The molecule has 3 aromatic rings. The van der Waals surface area contributed by atoms with Crippen LogP contribution in [0.25, 0.3) is 0 Å². The van der Waals surface area contributed by atoms with Crippen LogP contribution in [0.3, 0.4) is 0 Å². The molecule has 1 amide bonds. The lowest BCUT2D eigenvalue weighted by molar-refractivity contribution is -0.135. The summed E-state index contributed by atoms with van der Waals surface area (Å²) >= 11 is 1.77. The maximum Gasteiger partial charge on any atom is 0.243 e. The van der Waals surface area contributed by atoms with Gasteiger partial charge in [0, 0.05) is 37.1 Å². The third-order valence-electron chi connectivity index (χ3n) is 7.42. The smallest absolute Gasteiger partial charge is 0.243 e. The maximum absolute atomic E-state index is 13.5. The second kappa shape index (κ2) is 11.1. The van der Waals surface area contributed by atoms with E-state index in [0.29, 0.717) is 18.8 Å². The summed E-state index contributed by atoms with van der Waals surface area (Å²) in [7, 11) is -0.471. The average Bonchev–Trinajstić information content (AvgIpc) is 3.42. The Labute approximate surface area is 228 Å². The summed E-state index contributed by atoms with van der Waals surface area (Å²) in [6.07, 6.45) is 0.914. The van der Waals surface area contributed by atoms with Crippen molar-refractivity contribution in [1.82, 2.24) is 14.1 Å². The molecule has 0 bridgehead atoms. The molecule has 1 aromatic heterocycles. The maximum atomic E-state index is 13.5. The van der Waals surface area contributed by atoms with Crippen molar-refractivity contribution in [3.63, 3.8) is 0 Å². The van der Waals surface area contributed by atoms with Crippen LogP contribution in [0.15, 0.2) is 64.9 Å². The number of amides is 1. The number of hydrogen-bond donors (Lipinski definition) is 0. The molecule has 2 atom stereocenters. The molecular weight excluding hydrogens is 522 g/mol. The molecule has 0 saturated carbocycles. The van der Waals surface area contributed by atoms with E-state index in [9.17, 15) is 13.2 Å². The molecule has 38 heavy (non-hydrogen) atoms. The molecule has 2 aliphatic rings. The van der Waals surface area contributed by atoms with Crippen molar-refractivity contribution >= 4 is 27.3 Å². The van der Waals surface area contributed by atoms with Crippen molar-refractivity contribution in [3.8, 4) is 11.5 Å². The number of carbonyl (C=O) groups is 1. The van der Waals surface area contributed by atoms with Gasteiger partial charge in [-0.2, -0.15) is 4.31 Å². The van der Waals surface area contributed by atoms with Crippen LogP contribution in [0.1, 0.15) is 29.0 Å². The number of benzene rings is 2. The van der Waals surface area contributed by atoms with Gasteiger partial charge in [0.2, 0.25) is 15.9 Å². The quantitative estimate of drug-likeness (QED) is 0.443. The molecule has 3 heterocycles. The molecule has 202 valence electrons. The van der Waals surface area contributed by atoms with E-state index in [1.807, 2.05) is 19.1 Å². The number of nitrogens with zero attached hydrogens (tertiary/aromatic N) is 3. The van der Waals surface area contributed by atoms with E-state index in [0.717, 1.165) is 24.3 Å². The van der Waals surface area contributed by atoms with Crippen molar-refractivity contribution in [2.45, 2.75) is 30.3 Å². The molecule has 2 aromatic carbocycles. The molecule has 1 fully saturated rings. The summed E-state index contributed by atoms with van der Waals surface area (Å²) in [5.41, 5.74) is 2.38. The van der Waals surface area contributed by atoms with Gasteiger partial charge >= 0.3 is 0 Å². The molecule has 8 nitrogen and oxygen atoms in total. The first-order chi connectivity index (χ1) is 18.3. The lowest BCUT2D eigenvalue weighted by Gasteiger charge is -2.41. The molecular formula is C28H33N3O5S2. The molecule has 0 N–H and O–H groups in total.